The van der Waals surface area contributed by atoms with Crippen molar-refractivity contribution >= 4 is 11.0 Å². The van der Waals surface area contributed by atoms with Crippen LogP contribution in [0.5, 0.6) is 0 Å². The van der Waals surface area contributed by atoms with Crippen molar-refractivity contribution in [1.29, 1.82) is 0 Å². The number of hydrogen-bond donors (Lipinski definition) is 1. The van der Waals surface area contributed by atoms with Crippen molar-refractivity contribution in [2.24, 2.45) is 0 Å². The third-order valence-corrected chi connectivity index (χ3v) is 3.61. The molecule has 1 N–H and O–H groups in total. The standard InChI is InChI=1S/C16H21N5O/c1-16(2,3)15-8-12(17-18-15)10-21(4)9-11-5-6-13-14(7-11)20-22-19-13/h5-8H,9-10H2,1-4H3,(H,17,18). The third kappa shape index (κ3) is 3.17. The topological polar surface area (TPSA) is 70.8 Å². The lowest BCUT2D eigenvalue weighted by Gasteiger charge is -2.16. The van der Waals surface area contributed by atoms with Crippen LogP contribution in [-0.2, 0) is 18.5 Å². The molecule has 0 aliphatic rings. The molecule has 6 heteroatoms. The van der Waals surface area contributed by atoms with E-state index >= 15 is 0 Å². The molecule has 22 heavy (non-hydrogen) atoms. The predicted molar refractivity (Wildman–Crippen MR) is 84.3 cm³/mol. The average Bonchev–Trinajstić information content (AvgIpc) is 3.05. The van der Waals surface area contributed by atoms with Gasteiger partial charge in [-0.2, -0.15) is 5.10 Å². The van der Waals surface area contributed by atoms with Crippen LogP contribution >= 0.6 is 0 Å². The van der Waals surface area contributed by atoms with E-state index in [2.05, 4.69) is 65.4 Å². The average molecular weight is 299 g/mol. The number of H-pyrrole nitrogens is 1. The van der Waals surface area contributed by atoms with Crippen molar-refractivity contribution in [2.45, 2.75) is 39.3 Å². The van der Waals surface area contributed by atoms with Gasteiger partial charge in [0.25, 0.3) is 0 Å². The second-order valence-electron chi connectivity index (χ2n) is 6.79. The summed E-state index contributed by atoms with van der Waals surface area (Å²) in [4.78, 5) is 2.23. The molecule has 0 saturated heterocycles. The van der Waals surface area contributed by atoms with Gasteiger partial charge in [-0.1, -0.05) is 26.8 Å². The summed E-state index contributed by atoms with van der Waals surface area (Å²) in [6.07, 6.45) is 0. The number of aromatic nitrogens is 4. The van der Waals surface area contributed by atoms with Crippen LogP contribution in [0.15, 0.2) is 28.9 Å². The minimum absolute atomic E-state index is 0.0678. The number of nitrogens with zero attached hydrogens (tertiary/aromatic N) is 4. The van der Waals surface area contributed by atoms with Crippen LogP contribution < -0.4 is 0 Å². The van der Waals surface area contributed by atoms with Crippen molar-refractivity contribution in [3.8, 4) is 0 Å². The first kappa shape index (κ1) is 14.7. The number of fused-ring (bicyclic) bond motifs is 1. The molecule has 0 bridgehead atoms. The SMILES string of the molecule is CN(Cc1ccc2nonc2c1)Cc1cc(C(C)(C)C)n[nH]1. The van der Waals surface area contributed by atoms with Gasteiger partial charge in [-0.3, -0.25) is 10.00 Å². The van der Waals surface area contributed by atoms with Gasteiger partial charge in [-0.25, -0.2) is 4.63 Å². The highest BCUT2D eigenvalue weighted by Gasteiger charge is 2.17. The van der Waals surface area contributed by atoms with Crippen molar-refractivity contribution in [3.63, 3.8) is 0 Å². The molecular weight excluding hydrogens is 278 g/mol. The molecule has 0 aliphatic carbocycles. The van der Waals surface area contributed by atoms with Gasteiger partial charge in [0.2, 0.25) is 0 Å². The first-order valence-electron chi connectivity index (χ1n) is 7.36. The first-order chi connectivity index (χ1) is 10.4. The van der Waals surface area contributed by atoms with E-state index in [0.29, 0.717) is 0 Å². The highest BCUT2D eigenvalue weighted by molar-refractivity contribution is 5.73. The van der Waals surface area contributed by atoms with Gasteiger partial charge in [0.05, 0.1) is 5.69 Å². The lowest BCUT2D eigenvalue weighted by atomic mass is 9.92. The van der Waals surface area contributed by atoms with Crippen molar-refractivity contribution in [3.05, 3.63) is 41.2 Å². The van der Waals surface area contributed by atoms with E-state index in [1.54, 1.807) is 0 Å². The zero-order valence-corrected chi connectivity index (χ0v) is 13.4. The summed E-state index contributed by atoms with van der Waals surface area (Å²) in [6, 6.07) is 8.14. The Morgan fingerprint density at radius 1 is 1.09 bits per heavy atom. The summed E-state index contributed by atoms with van der Waals surface area (Å²) in [5, 5.41) is 15.2. The smallest absolute Gasteiger partial charge is 0.135 e. The van der Waals surface area contributed by atoms with Crippen LogP contribution in [0.1, 0.15) is 37.7 Å². The molecule has 0 aliphatic heterocycles. The maximum atomic E-state index is 4.73. The van der Waals surface area contributed by atoms with Crippen LogP contribution in [0.25, 0.3) is 11.0 Å². The van der Waals surface area contributed by atoms with Gasteiger partial charge < -0.3 is 0 Å². The Morgan fingerprint density at radius 2 is 1.86 bits per heavy atom. The fourth-order valence-corrected chi connectivity index (χ4v) is 2.41. The summed E-state index contributed by atoms with van der Waals surface area (Å²) in [7, 11) is 2.09. The van der Waals surface area contributed by atoms with E-state index in [0.717, 1.165) is 35.5 Å². The van der Waals surface area contributed by atoms with Crippen LogP contribution in [0.2, 0.25) is 0 Å². The highest BCUT2D eigenvalue weighted by Crippen LogP contribution is 2.21. The second-order valence-corrected chi connectivity index (χ2v) is 6.79. The second kappa shape index (κ2) is 5.53. The Morgan fingerprint density at radius 3 is 2.59 bits per heavy atom. The number of rotatable bonds is 4. The first-order valence-corrected chi connectivity index (χ1v) is 7.36. The molecule has 1 aromatic carbocycles. The van der Waals surface area contributed by atoms with E-state index < -0.39 is 0 Å². The van der Waals surface area contributed by atoms with Crippen molar-refractivity contribution in [1.82, 2.24) is 25.4 Å². The normalized spacial score (nSPS) is 12.4. The molecule has 0 radical (unpaired) electrons. The molecule has 0 fully saturated rings. The quantitative estimate of drug-likeness (QED) is 0.802. The van der Waals surface area contributed by atoms with E-state index in [-0.39, 0.29) is 5.41 Å². The molecule has 6 nitrogen and oxygen atoms in total. The van der Waals surface area contributed by atoms with Gasteiger partial charge in [0.15, 0.2) is 0 Å². The molecule has 0 atom stereocenters. The Labute approximate surface area is 129 Å². The van der Waals surface area contributed by atoms with Crippen LogP contribution in [-0.4, -0.2) is 32.5 Å². The minimum Gasteiger partial charge on any atom is -0.296 e. The van der Waals surface area contributed by atoms with Gasteiger partial charge in [0.1, 0.15) is 11.0 Å². The summed E-state index contributed by atoms with van der Waals surface area (Å²) in [5.74, 6) is 0. The largest absolute Gasteiger partial charge is 0.296 e. The predicted octanol–water partition coefficient (Wildman–Crippen LogP) is 2.88. The summed E-state index contributed by atoms with van der Waals surface area (Å²) in [5.41, 5.74) is 5.04. The molecule has 116 valence electrons. The molecule has 2 aromatic heterocycles. The molecule has 0 spiro atoms. The van der Waals surface area contributed by atoms with Crippen LogP contribution in [0.4, 0.5) is 0 Å². The number of hydrogen-bond acceptors (Lipinski definition) is 5. The molecule has 0 amide bonds. The van der Waals surface area contributed by atoms with E-state index in [1.807, 2.05) is 12.1 Å². The maximum Gasteiger partial charge on any atom is 0.135 e. The molecule has 0 unspecified atom stereocenters. The number of benzene rings is 1. The zero-order valence-electron chi connectivity index (χ0n) is 13.4. The monoisotopic (exact) mass is 299 g/mol. The maximum absolute atomic E-state index is 4.73. The van der Waals surface area contributed by atoms with Gasteiger partial charge in [-0.15, -0.1) is 0 Å². The lowest BCUT2D eigenvalue weighted by molar-refractivity contribution is 0.313. The van der Waals surface area contributed by atoms with E-state index in [1.165, 1.54) is 5.56 Å². The zero-order chi connectivity index (χ0) is 15.7. The molecule has 3 rings (SSSR count). The minimum atomic E-state index is 0.0678. The van der Waals surface area contributed by atoms with Crippen LogP contribution in [0.3, 0.4) is 0 Å². The van der Waals surface area contributed by atoms with Gasteiger partial charge in [0, 0.05) is 24.2 Å². The Bertz CT molecular complexity index is 768. The Hall–Kier alpha value is -2.21. The number of aromatic amines is 1. The molecule has 3 aromatic rings. The molecule has 2 heterocycles. The fraction of sp³-hybridized carbons (Fsp3) is 0.438. The van der Waals surface area contributed by atoms with Gasteiger partial charge in [-0.05, 0) is 41.1 Å². The fourth-order valence-electron chi connectivity index (χ4n) is 2.41. The molecule has 0 saturated carbocycles. The van der Waals surface area contributed by atoms with E-state index in [9.17, 15) is 0 Å². The van der Waals surface area contributed by atoms with Crippen molar-refractivity contribution < 1.29 is 4.63 Å². The van der Waals surface area contributed by atoms with Crippen molar-refractivity contribution in [2.75, 3.05) is 7.05 Å². The Kier molecular flexibility index (Phi) is 3.70. The van der Waals surface area contributed by atoms with Crippen LogP contribution in [0, 0.1) is 0 Å². The number of nitrogens with one attached hydrogen (secondary N) is 1. The Balaban J connectivity index is 1.66. The van der Waals surface area contributed by atoms with Gasteiger partial charge >= 0.3 is 0 Å². The lowest BCUT2D eigenvalue weighted by Crippen LogP contribution is -2.17. The highest BCUT2D eigenvalue weighted by atomic mass is 16.6. The van der Waals surface area contributed by atoms with E-state index in [4.69, 9.17) is 4.63 Å². The summed E-state index contributed by atoms with van der Waals surface area (Å²) in [6.45, 7) is 8.14. The summed E-state index contributed by atoms with van der Waals surface area (Å²) < 4.78 is 4.73. The third-order valence-electron chi connectivity index (χ3n) is 3.61. The summed E-state index contributed by atoms with van der Waals surface area (Å²) >= 11 is 0. The molecular formula is C16H21N5O.